The number of halogens is 1. The maximum atomic E-state index is 11.8. The number of carbonyl (C=O) groups excluding carboxylic acids is 1. The van der Waals surface area contributed by atoms with Gasteiger partial charge < -0.3 is 5.32 Å². The van der Waals surface area contributed by atoms with Crippen molar-refractivity contribution in [1.29, 1.82) is 0 Å². The van der Waals surface area contributed by atoms with Gasteiger partial charge in [0, 0.05) is 21.7 Å². The second-order valence-electron chi connectivity index (χ2n) is 3.40. The van der Waals surface area contributed by atoms with Crippen molar-refractivity contribution in [2.24, 2.45) is 0 Å². The van der Waals surface area contributed by atoms with Crippen LogP contribution in [0.5, 0.6) is 0 Å². The van der Waals surface area contributed by atoms with Gasteiger partial charge in [-0.2, -0.15) is 0 Å². The number of nitrogens with one attached hydrogen (secondary N) is 1. The lowest BCUT2D eigenvalue weighted by atomic mass is 10.3. The van der Waals surface area contributed by atoms with Crippen molar-refractivity contribution < 1.29 is 4.79 Å². The van der Waals surface area contributed by atoms with Crippen molar-refractivity contribution in [3.05, 3.63) is 44.6 Å². The molecule has 17 heavy (non-hydrogen) atoms. The molecule has 0 aliphatic carbocycles. The lowest BCUT2D eigenvalue weighted by Gasteiger charge is -2.03. The second-order valence-corrected chi connectivity index (χ2v) is 5.20. The van der Waals surface area contributed by atoms with Crippen LogP contribution in [-0.2, 0) is 6.54 Å². The minimum Gasteiger partial charge on any atom is -0.344 e. The van der Waals surface area contributed by atoms with Crippen molar-refractivity contribution in [2.75, 3.05) is 0 Å². The van der Waals surface area contributed by atoms with Crippen LogP contribution in [-0.4, -0.2) is 15.9 Å². The molecular weight excluding hydrogens is 302 g/mol. The van der Waals surface area contributed by atoms with E-state index in [1.807, 2.05) is 12.3 Å². The third kappa shape index (κ3) is 3.10. The maximum Gasteiger partial charge on any atom is 0.271 e. The summed E-state index contributed by atoms with van der Waals surface area (Å²) in [5, 5.41) is 5.63. The van der Waals surface area contributed by atoms with E-state index in [2.05, 4.69) is 31.2 Å². The molecule has 0 bridgehead atoms. The highest BCUT2D eigenvalue weighted by Crippen LogP contribution is 2.13. The number of amides is 1. The van der Waals surface area contributed by atoms with Gasteiger partial charge in [0.1, 0.15) is 10.7 Å². The zero-order chi connectivity index (χ0) is 12.3. The van der Waals surface area contributed by atoms with Crippen LogP contribution in [0.15, 0.2) is 28.2 Å². The standard InChI is InChI=1S/C11H10BrN3OS/c1-7-6-17-9(15-7)5-14-11(16)10-8(12)3-2-4-13-10/h2-4,6H,5H2,1H3,(H,14,16). The Morgan fingerprint density at radius 3 is 3.06 bits per heavy atom. The monoisotopic (exact) mass is 311 g/mol. The van der Waals surface area contributed by atoms with Gasteiger partial charge in [-0.15, -0.1) is 11.3 Å². The molecule has 0 atom stereocenters. The van der Waals surface area contributed by atoms with Crippen LogP contribution in [0.3, 0.4) is 0 Å². The fourth-order valence-electron chi connectivity index (χ4n) is 1.28. The minimum absolute atomic E-state index is 0.203. The topological polar surface area (TPSA) is 54.9 Å². The van der Waals surface area contributed by atoms with E-state index in [1.54, 1.807) is 18.3 Å². The molecule has 6 heteroatoms. The molecule has 1 amide bonds. The molecule has 0 aliphatic heterocycles. The van der Waals surface area contributed by atoms with E-state index in [1.165, 1.54) is 11.3 Å². The van der Waals surface area contributed by atoms with Crippen LogP contribution >= 0.6 is 27.3 Å². The van der Waals surface area contributed by atoms with Gasteiger partial charge in [-0.1, -0.05) is 0 Å². The first kappa shape index (κ1) is 12.2. The number of thiazole rings is 1. The molecule has 88 valence electrons. The summed E-state index contributed by atoms with van der Waals surface area (Å²) in [6, 6.07) is 3.56. The molecule has 2 heterocycles. The van der Waals surface area contributed by atoms with E-state index in [4.69, 9.17) is 0 Å². The molecule has 0 aliphatic rings. The Bertz CT molecular complexity index is 541. The van der Waals surface area contributed by atoms with Crippen LogP contribution in [0.2, 0.25) is 0 Å². The molecule has 2 aromatic heterocycles. The molecule has 0 fully saturated rings. The zero-order valence-corrected chi connectivity index (χ0v) is 11.5. The Labute approximate surface area is 111 Å². The molecule has 0 radical (unpaired) electrons. The van der Waals surface area contributed by atoms with E-state index in [9.17, 15) is 4.79 Å². The smallest absolute Gasteiger partial charge is 0.271 e. The summed E-state index contributed by atoms with van der Waals surface area (Å²) in [6.07, 6.45) is 1.59. The van der Waals surface area contributed by atoms with Gasteiger partial charge in [-0.05, 0) is 35.0 Å². The van der Waals surface area contributed by atoms with Crippen molar-refractivity contribution in [2.45, 2.75) is 13.5 Å². The van der Waals surface area contributed by atoms with Gasteiger partial charge in [0.05, 0.1) is 6.54 Å². The van der Waals surface area contributed by atoms with Crippen LogP contribution in [0.4, 0.5) is 0 Å². The lowest BCUT2D eigenvalue weighted by Crippen LogP contribution is -2.24. The fourth-order valence-corrected chi connectivity index (χ4v) is 2.42. The third-order valence-corrected chi connectivity index (χ3v) is 3.65. The molecular formula is C11H10BrN3OS. The number of carbonyl (C=O) groups is 1. The highest BCUT2D eigenvalue weighted by atomic mass is 79.9. The minimum atomic E-state index is -0.203. The second kappa shape index (κ2) is 5.37. The Morgan fingerprint density at radius 2 is 2.41 bits per heavy atom. The molecule has 0 unspecified atom stereocenters. The van der Waals surface area contributed by atoms with Gasteiger partial charge in [-0.3, -0.25) is 4.79 Å². The number of hydrogen-bond acceptors (Lipinski definition) is 4. The first-order chi connectivity index (χ1) is 8.16. The average molecular weight is 312 g/mol. The quantitative estimate of drug-likeness (QED) is 0.947. The summed E-state index contributed by atoms with van der Waals surface area (Å²) in [7, 11) is 0. The van der Waals surface area contributed by atoms with Crippen LogP contribution in [0.25, 0.3) is 0 Å². The number of hydrogen-bond donors (Lipinski definition) is 1. The highest BCUT2D eigenvalue weighted by molar-refractivity contribution is 9.10. The zero-order valence-electron chi connectivity index (χ0n) is 9.11. The predicted molar refractivity (Wildman–Crippen MR) is 70.0 cm³/mol. The first-order valence-electron chi connectivity index (χ1n) is 4.96. The molecule has 2 aromatic rings. The Hall–Kier alpha value is -1.27. The largest absolute Gasteiger partial charge is 0.344 e. The van der Waals surface area contributed by atoms with Crippen LogP contribution in [0.1, 0.15) is 21.2 Å². The average Bonchev–Trinajstić information content (AvgIpc) is 2.73. The molecule has 0 saturated carbocycles. The number of aromatic nitrogens is 2. The number of aryl methyl sites for hydroxylation is 1. The van der Waals surface area contributed by atoms with Crippen molar-refractivity contribution in [3.63, 3.8) is 0 Å². The maximum absolute atomic E-state index is 11.8. The molecule has 2 rings (SSSR count). The summed E-state index contributed by atoms with van der Waals surface area (Å²) in [4.78, 5) is 20.1. The van der Waals surface area contributed by atoms with Crippen LogP contribution in [0, 0.1) is 6.92 Å². The summed E-state index contributed by atoms with van der Waals surface area (Å²) in [5.74, 6) is -0.203. The third-order valence-electron chi connectivity index (χ3n) is 2.04. The molecule has 0 saturated heterocycles. The number of rotatable bonds is 3. The van der Waals surface area contributed by atoms with Crippen LogP contribution < -0.4 is 5.32 Å². The van der Waals surface area contributed by atoms with Gasteiger partial charge in [0.25, 0.3) is 5.91 Å². The number of nitrogens with zero attached hydrogens (tertiary/aromatic N) is 2. The van der Waals surface area contributed by atoms with Gasteiger partial charge in [0.15, 0.2) is 0 Å². The summed E-state index contributed by atoms with van der Waals surface area (Å²) in [5.41, 5.74) is 1.36. The molecule has 1 N–H and O–H groups in total. The number of pyridine rings is 1. The Morgan fingerprint density at radius 1 is 1.59 bits per heavy atom. The van der Waals surface area contributed by atoms with E-state index in [0.717, 1.165) is 10.7 Å². The summed E-state index contributed by atoms with van der Waals surface area (Å²) < 4.78 is 0.688. The summed E-state index contributed by atoms with van der Waals surface area (Å²) >= 11 is 4.82. The van der Waals surface area contributed by atoms with E-state index in [0.29, 0.717) is 16.7 Å². The van der Waals surface area contributed by atoms with Crippen molar-refractivity contribution in [1.82, 2.24) is 15.3 Å². The summed E-state index contributed by atoms with van der Waals surface area (Å²) in [6.45, 7) is 2.36. The van der Waals surface area contributed by atoms with Crippen molar-refractivity contribution >= 4 is 33.2 Å². The molecule has 4 nitrogen and oxygen atoms in total. The SMILES string of the molecule is Cc1csc(CNC(=O)c2ncccc2Br)n1. The Balaban J connectivity index is 2.01. The van der Waals surface area contributed by atoms with Crippen molar-refractivity contribution in [3.8, 4) is 0 Å². The van der Waals surface area contributed by atoms with Gasteiger partial charge in [0.2, 0.25) is 0 Å². The highest BCUT2D eigenvalue weighted by Gasteiger charge is 2.11. The predicted octanol–water partition coefficient (Wildman–Crippen LogP) is 2.54. The molecule has 0 spiro atoms. The van der Waals surface area contributed by atoms with E-state index < -0.39 is 0 Å². The fraction of sp³-hybridized carbons (Fsp3) is 0.182. The van der Waals surface area contributed by atoms with Gasteiger partial charge >= 0.3 is 0 Å². The van der Waals surface area contributed by atoms with E-state index >= 15 is 0 Å². The van der Waals surface area contributed by atoms with E-state index in [-0.39, 0.29) is 5.91 Å². The lowest BCUT2D eigenvalue weighted by molar-refractivity contribution is 0.0945. The van der Waals surface area contributed by atoms with Gasteiger partial charge in [-0.25, -0.2) is 9.97 Å². The Kier molecular flexibility index (Phi) is 3.86. The molecule has 0 aromatic carbocycles. The normalized spacial score (nSPS) is 10.2. The first-order valence-corrected chi connectivity index (χ1v) is 6.64.